The molecule has 1 unspecified atom stereocenters. The average Bonchev–Trinajstić information content (AvgIpc) is 2.92. The van der Waals surface area contributed by atoms with E-state index in [9.17, 15) is 14.0 Å². The number of hydrogen-bond acceptors (Lipinski definition) is 4. The monoisotopic (exact) mass is 330 g/mol. The van der Waals surface area contributed by atoms with E-state index in [0.29, 0.717) is 12.1 Å². The lowest BCUT2D eigenvalue weighted by molar-refractivity contribution is -0.132. The molecular weight excluding hydrogens is 311 g/mol. The lowest BCUT2D eigenvalue weighted by atomic mass is 10.1. The van der Waals surface area contributed by atoms with Crippen molar-refractivity contribution in [2.24, 2.45) is 5.92 Å². The van der Waals surface area contributed by atoms with Crippen LogP contribution in [0.4, 0.5) is 4.39 Å². The van der Waals surface area contributed by atoms with Crippen molar-refractivity contribution in [1.29, 1.82) is 5.26 Å². The third-order valence-electron chi connectivity index (χ3n) is 4.64. The maximum Gasteiger partial charge on any atom is 0.225 e. The maximum absolute atomic E-state index is 13.7. The quantitative estimate of drug-likeness (QED) is 0.871. The van der Waals surface area contributed by atoms with Crippen LogP contribution in [0.2, 0.25) is 0 Å². The molecule has 0 aromatic heterocycles. The van der Waals surface area contributed by atoms with Crippen molar-refractivity contribution >= 4 is 11.8 Å². The number of nitriles is 1. The maximum atomic E-state index is 13.7. The summed E-state index contributed by atoms with van der Waals surface area (Å²) in [6, 6.07) is 6.17. The second-order valence-electron chi connectivity index (χ2n) is 6.46. The zero-order valence-electron chi connectivity index (χ0n) is 13.5. The molecular formula is C17H19FN4O2. The molecule has 3 rings (SSSR count). The van der Waals surface area contributed by atoms with Crippen LogP contribution in [0.3, 0.4) is 0 Å². The van der Waals surface area contributed by atoms with Crippen LogP contribution in [0, 0.1) is 23.1 Å². The lowest BCUT2D eigenvalue weighted by Gasteiger charge is -2.42. The van der Waals surface area contributed by atoms with Crippen LogP contribution in [0.1, 0.15) is 17.5 Å². The number of carbonyl (C=O) groups excluding carboxylic acids is 2. The second-order valence-corrected chi connectivity index (χ2v) is 6.46. The van der Waals surface area contributed by atoms with Gasteiger partial charge in [0, 0.05) is 38.2 Å². The highest BCUT2D eigenvalue weighted by Gasteiger charge is 2.41. The molecule has 2 aliphatic heterocycles. The number of likely N-dealkylation sites (tertiary alicyclic amines) is 2. The summed E-state index contributed by atoms with van der Waals surface area (Å²) >= 11 is 0. The molecule has 1 aromatic rings. The number of rotatable bonds is 4. The molecule has 1 N–H and O–H groups in total. The highest BCUT2D eigenvalue weighted by atomic mass is 19.1. The fourth-order valence-electron chi connectivity index (χ4n) is 3.23. The number of nitrogens with zero attached hydrogens (tertiary/aromatic N) is 3. The fourth-order valence-corrected chi connectivity index (χ4v) is 3.23. The Balaban J connectivity index is 1.56. The van der Waals surface area contributed by atoms with Crippen molar-refractivity contribution in [3.05, 3.63) is 35.1 Å². The molecule has 2 heterocycles. The van der Waals surface area contributed by atoms with Crippen molar-refractivity contribution < 1.29 is 14.0 Å². The average molecular weight is 330 g/mol. The molecule has 0 saturated carbocycles. The molecule has 2 aliphatic rings. The first kappa shape index (κ1) is 16.4. The number of likely N-dealkylation sites (N-methyl/N-ethyl adjacent to an activating group) is 1. The summed E-state index contributed by atoms with van der Waals surface area (Å²) in [5, 5.41) is 11.5. The Labute approximate surface area is 139 Å². The summed E-state index contributed by atoms with van der Waals surface area (Å²) in [5.41, 5.74) is 0.612. The Hall–Kier alpha value is -2.46. The third-order valence-corrected chi connectivity index (χ3v) is 4.64. The topological polar surface area (TPSA) is 76.4 Å². The molecule has 1 aromatic carbocycles. The van der Waals surface area contributed by atoms with E-state index < -0.39 is 11.7 Å². The van der Waals surface area contributed by atoms with Crippen LogP contribution in [0.15, 0.2) is 18.2 Å². The third kappa shape index (κ3) is 3.24. The van der Waals surface area contributed by atoms with Gasteiger partial charge in [0.1, 0.15) is 5.82 Å². The van der Waals surface area contributed by atoms with Crippen LogP contribution in [-0.4, -0.2) is 54.3 Å². The molecule has 0 radical (unpaired) electrons. The Morgan fingerprint density at radius 3 is 2.83 bits per heavy atom. The van der Waals surface area contributed by atoms with Crippen LogP contribution in [0.25, 0.3) is 0 Å². The van der Waals surface area contributed by atoms with Crippen molar-refractivity contribution in [2.45, 2.75) is 19.0 Å². The van der Waals surface area contributed by atoms with Gasteiger partial charge in [-0.05, 0) is 25.2 Å². The number of nitrogens with one attached hydrogen (secondary N) is 1. The summed E-state index contributed by atoms with van der Waals surface area (Å²) in [7, 11) is 1.99. The Morgan fingerprint density at radius 2 is 2.17 bits per heavy atom. The van der Waals surface area contributed by atoms with E-state index in [2.05, 4.69) is 10.2 Å². The van der Waals surface area contributed by atoms with Gasteiger partial charge in [-0.1, -0.05) is 0 Å². The second kappa shape index (κ2) is 6.57. The molecule has 7 heteroatoms. The van der Waals surface area contributed by atoms with Gasteiger partial charge < -0.3 is 15.1 Å². The number of amides is 2. The molecule has 0 spiro atoms. The standard InChI is InChI=1S/C17H19FN4O2/c1-21-9-14(10-21)22-8-13(5-16(22)23)17(24)20-7-12-4-11(6-19)2-3-15(12)18/h2-4,13-14H,5,7-10H2,1H3,(H,20,24). The molecule has 0 bridgehead atoms. The molecule has 0 aliphatic carbocycles. The Kier molecular flexibility index (Phi) is 4.49. The smallest absolute Gasteiger partial charge is 0.225 e. The van der Waals surface area contributed by atoms with Gasteiger partial charge in [0.2, 0.25) is 11.8 Å². The molecule has 24 heavy (non-hydrogen) atoms. The number of hydrogen-bond donors (Lipinski definition) is 1. The van der Waals surface area contributed by atoms with Crippen molar-refractivity contribution in [3.63, 3.8) is 0 Å². The highest BCUT2D eigenvalue weighted by molar-refractivity contribution is 5.89. The SMILES string of the molecule is CN1CC(N2CC(C(=O)NCc3cc(C#N)ccc3F)CC2=O)C1. The van der Waals surface area contributed by atoms with Gasteiger partial charge in [0.15, 0.2) is 0 Å². The van der Waals surface area contributed by atoms with Crippen LogP contribution in [-0.2, 0) is 16.1 Å². The first-order chi connectivity index (χ1) is 11.5. The molecule has 2 saturated heterocycles. The zero-order valence-corrected chi connectivity index (χ0v) is 13.5. The van der Waals surface area contributed by atoms with Crippen LogP contribution >= 0.6 is 0 Å². The minimum absolute atomic E-state index is 0.00547. The normalized spacial score (nSPS) is 21.5. The highest BCUT2D eigenvalue weighted by Crippen LogP contribution is 2.24. The van der Waals surface area contributed by atoms with E-state index in [1.807, 2.05) is 13.1 Å². The van der Waals surface area contributed by atoms with Crippen molar-refractivity contribution in [2.75, 3.05) is 26.7 Å². The minimum atomic E-state index is -0.462. The number of benzene rings is 1. The van der Waals surface area contributed by atoms with Crippen molar-refractivity contribution in [3.8, 4) is 6.07 Å². The van der Waals surface area contributed by atoms with E-state index in [-0.39, 0.29) is 36.4 Å². The van der Waals surface area contributed by atoms with Crippen molar-refractivity contribution in [1.82, 2.24) is 15.1 Å². The van der Waals surface area contributed by atoms with Gasteiger partial charge in [-0.25, -0.2) is 4.39 Å². The van der Waals surface area contributed by atoms with Crippen LogP contribution < -0.4 is 5.32 Å². The van der Waals surface area contributed by atoms with E-state index in [1.165, 1.54) is 18.2 Å². The van der Waals surface area contributed by atoms with Gasteiger partial charge in [-0.2, -0.15) is 5.26 Å². The molecule has 1 atom stereocenters. The van der Waals surface area contributed by atoms with E-state index in [1.54, 1.807) is 4.90 Å². The Morgan fingerprint density at radius 1 is 1.42 bits per heavy atom. The largest absolute Gasteiger partial charge is 0.352 e. The fraction of sp³-hybridized carbons (Fsp3) is 0.471. The summed E-state index contributed by atoms with van der Waals surface area (Å²) in [5.74, 6) is -1.10. The van der Waals surface area contributed by atoms with Gasteiger partial charge in [0.05, 0.1) is 23.6 Å². The number of carbonyl (C=O) groups is 2. The Bertz CT molecular complexity index is 709. The molecule has 126 valence electrons. The van der Waals surface area contributed by atoms with Crippen LogP contribution in [0.5, 0.6) is 0 Å². The minimum Gasteiger partial charge on any atom is -0.352 e. The first-order valence-corrected chi connectivity index (χ1v) is 7.92. The van der Waals surface area contributed by atoms with Gasteiger partial charge in [-0.15, -0.1) is 0 Å². The predicted octanol–water partition coefficient (Wildman–Crippen LogP) is 0.476. The molecule has 2 amide bonds. The zero-order chi connectivity index (χ0) is 17.3. The lowest BCUT2D eigenvalue weighted by Crippen LogP contribution is -2.58. The van der Waals surface area contributed by atoms with Gasteiger partial charge in [0.25, 0.3) is 0 Å². The summed E-state index contributed by atoms with van der Waals surface area (Å²) in [6.45, 7) is 2.11. The number of halogens is 1. The van der Waals surface area contributed by atoms with Gasteiger partial charge >= 0.3 is 0 Å². The predicted molar refractivity (Wildman–Crippen MR) is 84.1 cm³/mol. The first-order valence-electron chi connectivity index (χ1n) is 7.92. The summed E-state index contributed by atoms with van der Waals surface area (Å²) in [4.78, 5) is 28.3. The summed E-state index contributed by atoms with van der Waals surface area (Å²) < 4.78 is 13.7. The molecule has 6 nitrogen and oxygen atoms in total. The van der Waals surface area contributed by atoms with E-state index >= 15 is 0 Å². The van der Waals surface area contributed by atoms with E-state index in [4.69, 9.17) is 5.26 Å². The van der Waals surface area contributed by atoms with Gasteiger partial charge in [-0.3, -0.25) is 9.59 Å². The molecule has 2 fully saturated rings. The van der Waals surface area contributed by atoms with E-state index in [0.717, 1.165) is 13.1 Å². The summed E-state index contributed by atoms with van der Waals surface area (Å²) in [6.07, 6.45) is 0.201.